The molecule has 1 aliphatic rings. The largest absolute Gasteiger partial charge is 0.354 e. The first-order valence-electron chi connectivity index (χ1n) is 8.22. The zero-order chi connectivity index (χ0) is 15.2. The van der Waals surface area contributed by atoms with Gasteiger partial charge in [0, 0.05) is 50.5 Å². The van der Waals surface area contributed by atoms with E-state index in [1.54, 1.807) is 0 Å². The van der Waals surface area contributed by atoms with Crippen LogP contribution >= 0.6 is 0 Å². The van der Waals surface area contributed by atoms with Crippen molar-refractivity contribution in [3.05, 3.63) is 11.8 Å². The van der Waals surface area contributed by atoms with E-state index in [2.05, 4.69) is 51.9 Å². The molecule has 1 fully saturated rings. The van der Waals surface area contributed by atoms with E-state index in [9.17, 15) is 0 Å². The zero-order valence-electron chi connectivity index (χ0n) is 13.9. The Kier molecular flexibility index (Phi) is 5.79. The molecule has 0 bridgehead atoms. The van der Waals surface area contributed by atoms with Gasteiger partial charge in [0.05, 0.1) is 0 Å². The molecule has 2 rings (SSSR count). The number of aromatic nitrogens is 2. The van der Waals surface area contributed by atoms with Gasteiger partial charge < -0.3 is 10.2 Å². The number of piperazine rings is 1. The van der Waals surface area contributed by atoms with Crippen molar-refractivity contribution in [1.82, 2.24) is 14.9 Å². The number of nitrogens with zero attached hydrogens (tertiary/aromatic N) is 4. The van der Waals surface area contributed by atoms with E-state index in [1.165, 1.54) is 6.42 Å². The van der Waals surface area contributed by atoms with Crippen molar-refractivity contribution >= 4 is 11.8 Å². The lowest BCUT2D eigenvalue weighted by Crippen LogP contribution is -2.49. The third-order valence-corrected chi connectivity index (χ3v) is 4.23. The molecule has 21 heavy (non-hydrogen) atoms. The molecule has 0 aromatic carbocycles. The predicted molar refractivity (Wildman–Crippen MR) is 89.1 cm³/mol. The molecule has 1 aliphatic heterocycles. The van der Waals surface area contributed by atoms with Gasteiger partial charge in [-0.3, -0.25) is 4.90 Å². The van der Waals surface area contributed by atoms with Gasteiger partial charge in [0.2, 0.25) is 5.95 Å². The van der Waals surface area contributed by atoms with Crippen LogP contribution in [-0.4, -0.2) is 53.6 Å². The van der Waals surface area contributed by atoms with Crippen molar-refractivity contribution in [2.24, 2.45) is 0 Å². The molecule has 1 unspecified atom stereocenters. The monoisotopic (exact) mass is 291 g/mol. The van der Waals surface area contributed by atoms with Gasteiger partial charge >= 0.3 is 0 Å². The standard InChI is InChI=1S/C16H29N5/c1-5-7-17-16-18-13(3)12-15(19-16)21-10-8-20(9-11-21)14(4)6-2/h12,14H,5-11H2,1-4H3,(H,17,18,19). The molecule has 0 saturated carbocycles. The fraction of sp³-hybridized carbons (Fsp3) is 0.750. The second kappa shape index (κ2) is 7.59. The van der Waals surface area contributed by atoms with E-state index in [0.717, 1.165) is 56.6 Å². The summed E-state index contributed by atoms with van der Waals surface area (Å²) < 4.78 is 0. The third-order valence-electron chi connectivity index (χ3n) is 4.23. The van der Waals surface area contributed by atoms with Gasteiger partial charge in [-0.2, -0.15) is 4.98 Å². The Balaban J connectivity index is 2.01. The van der Waals surface area contributed by atoms with Crippen LogP contribution in [0.4, 0.5) is 11.8 Å². The van der Waals surface area contributed by atoms with Gasteiger partial charge in [0.15, 0.2) is 0 Å². The molecule has 5 heteroatoms. The summed E-state index contributed by atoms with van der Waals surface area (Å²) in [6.45, 7) is 14.0. The van der Waals surface area contributed by atoms with E-state index >= 15 is 0 Å². The highest BCUT2D eigenvalue weighted by Gasteiger charge is 2.21. The molecule has 0 amide bonds. The van der Waals surface area contributed by atoms with Gasteiger partial charge in [-0.15, -0.1) is 0 Å². The predicted octanol–water partition coefficient (Wildman–Crippen LogP) is 2.53. The average molecular weight is 291 g/mol. The van der Waals surface area contributed by atoms with Gasteiger partial charge in [-0.05, 0) is 26.7 Å². The highest BCUT2D eigenvalue weighted by molar-refractivity contribution is 5.45. The zero-order valence-corrected chi connectivity index (χ0v) is 13.9. The number of anilines is 2. The Morgan fingerprint density at radius 2 is 1.90 bits per heavy atom. The van der Waals surface area contributed by atoms with Gasteiger partial charge in [0.25, 0.3) is 0 Å². The van der Waals surface area contributed by atoms with Crippen molar-refractivity contribution in [2.75, 3.05) is 42.9 Å². The van der Waals surface area contributed by atoms with E-state index < -0.39 is 0 Å². The maximum atomic E-state index is 4.67. The molecule has 118 valence electrons. The maximum Gasteiger partial charge on any atom is 0.224 e. The minimum Gasteiger partial charge on any atom is -0.354 e. The summed E-state index contributed by atoms with van der Waals surface area (Å²) in [4.78, 5) is 14.1. The smallest absolute Gasteiger partial charge is 0.224 e. The van der Waals surface area contributed by atoms with Crippen LogP contribution in [-0.2, 0) is 0 Å². The molecular weight excluding hydrogens is 262 g/mol. The summed E-state index contributed by atoms with van der Waals surface area (Å²) in [5.74, 6) is 1.82. The van der Waals surface area contributed by atoms with Crippen molar-refractivity contribution in [1.29, 1.82) is 0 Å². The number of hydrogen-bond acceptors (Lipinski definition) is 5. The highest BCUT2D eigenvalue weighted by Crippen LogP contribution is 2.18. The van der Waals surface area contributed by atoms with Crippen molar-refractivity contribution < 1.29 is 0 Å². The lowest BCUT2D eigenvalue weighted by Gasteiger charge is -2.38. The van der Waals surface area contributed by atoms with Crippen LogP contribution < -0.4 is 10.2 Å². The average Bonchev–Trinajstić information content (AvgIpc) is 2.51. The normalized spacial score (nSPS) is 17.8. The molecule has 0 aliphatic carbocycles. The summed E-state index contributed by atoms with van der Waals surface area (Å²) in [5.41, 5.74) is 1.03. The van der Waals surface area contributed by atoms with E-state index in [-0.39, 0.29) is 0 Å². The van der Waals surface area contributed by atoms with Crippen LogP contribution in [0.5, 0.6) is 0 Å². The summed E-state index contributed by atoms with van der Waals surface area (Å²) in [5, 5.41) is 3.29. The van der Waals surface area contributed by atoms with Crippen LogP contribution in [0, 0.1) is 6.92 Å². The third kappa shape index (κ3) is 4.30. The summed E-state index contributed by atoms with van der Waals surface area (Å²) in [6.07, 6.45) is 2.30. The first-order chi connectivity index (χ1) is 10.1. The number of aryl methyl sites for hydroxylation is 1. The Hall–Kier alpha value is -1.36. The minimum absolute atomic E-state index is 0.682. The second-order valence-electron chi connectivity index (χ2n) is 5.90. The molecule has 0 radical (unpaired) electrons. The molecule has 1 aromatic heterocycles. The van der Waals surface area contributed by atoms with E-state index in [1.807, 2.05) is 6.92 Å². The molecule has 1 atom stereocenters. The van der Waals surface area contributed by atoms with Crippen molar-refractivity contribution in [3.63, 3.8) is 0 Å². The topological polar surface area (TPSA) is 44.3 Å². The quantitative estimate of drug-likeness (QED) is 0.872. The maximum absolute atomic E-state index is 4.67. The second-order valence-corrected chi connectivity index (χ2v) is 5.90. The van der Waals surface area contributed by atoms with Gasteiger partial charge in [0.1, 0.15) is 5.82 Å². The number of rotatable bonds is 6. The van der Waals surface area contributed by atoms with Crippen LogP contribution in [0.15, 0.2) is 6.07 Å². The molecule has 1 aromatic rings. The fourth-order valence-corrected chi connectivity index (χ4v) is 2.68. The van der Waals surface area contributed by atoms with Crippen molar-refractivity contribution in [3.8, 4) is 0 Å². The summed E-state index contributed by atoms with van der Waals surface area (Å²) in [6, 6.07) is 2.77. The van der Waals surface area contributed by atoms with Gasteiger partial charge in [-0.25, -0.2) is 4.98 Å². The van der Waals surface area contributed by atoms with Gasteiger partial charge in [-0.1, -0.05) is 13.8 Å². The van der Waals surface area contributed by atoms with Crippen LogP contribution in [0.3, 0.4) is 0 Å². The Morgan fingerprint density at radius 3 is 2.52 bits per heavy atom. The van der Waals surface area contributed by atoms with Crippen LogP contribution in [0.25, 0.3) is 0 Å². The molecular formula is C16H29N5. The van der Waals surface area contributed by atoms with Crippen LogP contribution in [0.1, 0.15) is 39.3 Å². The SMILES string of the molecule is CCCNc1nc(C)cc(N2CCN(C(C)CC)CC2)n1. The van der Waals surface area contributed by atoms with E-state index in [4.69, 9.17) is 0 Å². The number of hydrogen-bond donors (Lipinski definition) is 1. The summed E-state index contributed by atoms with van der Waals surface area (Å²) in [7, 11) is 0. The Bertz CT molecular complexity index is 440. The molecule has 0 spiro atoms. The van der Waals surface area contributed by atoms with Crippen LogP contribution in [0.2, 0.25) is 0 Å². The van der Waals surface area contributed by atoms with Crippen molar-refractivity contribution in [2.45, 2.75) is 46.6 Å². The molecule has 5 nitrogen and oxygen atoms in total. The molecule has 1 saturated heterocycles. The Morgan fingerprint density at radius 1 is 1.19 bits per heavy atom. The Labute approximate surface area is 128 Å². The summed E-state index contributed by atoms with van der Waals surface area (Å²) >= 11 is 0. The molecule has 1 N–H and O–H groups in total. The molecule has 2 heterocycles. The first kappa shape index (κ1) is 16.0. The lowest BCUT2D eigenvalue weighted by molar-refractivity contribution is 0.192. The highest BCUT2D eigenvalue weighted by atomic mass is 15.3. The minimum atomic E-state index is 0.682. The first-order valence-corrected chi connectivity index (χ1v) is 8.22. The van der Waals surface area contributed by atoms with E-state index in [0.29, 0.717) is 6.04 Å². The fourth-order valence-electron chi connectivity index (χ4n) is 2.68. The lowest BCUT2D eigenvalue weighted by atomic mass is 10.2. The number of nitrogens with one attached hydrogen (secondary N) is 1.